The zero-order chi connectivity index (χ0) is 27.4. The summed E-state index contributed by atoms with van der Waals surface area (Å²) in [7, 11) is -2.19. The maximum Gasteiger partial charge on any atom is 0.264 e. The van der Waals surface area contributed by atoms with Crippen LogP contribution in [-0.4, -0.2) is 70.5 Å². The van der Waals surface area contributed by atoms with Crippen LogP contribution in [0.2, 0.25) is 0 Å². The topological polar surface area (TPSA) is 85.8 Å². The molecule has 40 heavy (non-hydrogen) atoms. The molecule has 0 bridgehead atoms. The van der Waals surface area contributed by atoms with Crippen LogP contribution in [0.3, 0.4) is 0 Å². The van der Waals surface area contributed by atoms with Gasteiger partial charge in [-0.2, -0.15) is 0 Å². The van der Waals surface area contributed by atoms with E-state index in [1.165, 1.54) is 33.7 Å². The van der Waals surface area contributed by atoms with Gasteiger partial charge >= 0.3 is 0 Å². The third-order valence-corrected chi connectivity index (χ3v) is 10.0. The lowest BCUT2D eigenvalue weighted by molar-refractivity contribution is 0.0947. The molecule has 2 heterocycles. The summed E-state index contributed by atoms with van der Waals surface area (Å²) in [6.07, 6.45) is 0.981. The molecule has 0 unspecified atom stereocenters. The molecule has 3 aromatic carbocycles. The number of aryl methyl sites for hydroxylation is 1. The molecule has 1 saturated heterocycles. The highest BCUT2D eigenvalue weighted by atomic mass is 35.5. The number of thiazole rings is 1. The van der Waals surface area contributed by atoms with Crippen molar-refractivity contribution in [2.45, 2.75) is 18.2 Å². The minimum atomic E-state index is -3.71. The quantitative estimate of drug-likeness (QED) is 0.301. The number of halogens is 1. The molecule has 8 nitrogen and oxygen atoms in total. The zero-order valence-electron chi connectivity index (χ0n) is 22.6. The number of piperazine rings is 1. The molecule has 0 radical (unpaired) electrons. The number of aromatic nitrogens is 1. The van der Waals surface area contributed by atoms with Crippen LogP contribution in [0, 0.1) is 0 Å². The predicted octanol–water partition coefficient (Wildman–Crippen LogP) is 4.66. The number of nitrogens with zero attached hydrogens (tertiary/aromatic N) is 4. The summed E-state index contributed by atoms with van der Waals surface area (Å²) in [5.74, 6) is -0.213. The molecule has 0 atom stereocenters. The Balaban J connectivity index is 0.00000370. The Morgan fingerprint density at radius 3 is 2.35 bits per heavy atom. The average Bonchev–Trinajstić information content (AvgIpc) is 3.42. The number of fused-ring (bicyclic) bond motifs is 1. The molecule has 0 aliphatic carbocycles. The van der Waals surface area contributed by atoms with Gasteiger partial charge in [-0.05, 0) is 54.4 Å². The minimum absolute atomic E-state index is 0. The highest BCUT2D eigenvalue weighted by molar-refractivity contribution is 7.92. The lowest BCUT2D eigenvalue weighted by Gasteiger charge is -2.34. The van der Waals surface area contributed by atoms with Gasteiger partial charge in [-0.25, -0.2) is 13.4 Å². The van der Waals surface area contributed by atoms with E-state index >= 15 is 0 Å². The number of benzene rings is 3. The van der Waals surface area contributed by atoms with Crippen molar-refractivity contribution in [3.8, 4) is 0 Å². The van der Waals surface area contributed by atoms with Gasteiger partial charge in [0.15, 0.2) is 5.13 Å². The highest BCUT2D eigenvalue weighted by Gasteiger charge is 2.22. The lowest BCUT2D eigenvalue weighted by Crippen LogP contribution is -2.48. The predicted molar refractivity (Wildman–Crippen MR) is 166 cm³/mol. The Morgan fingerprint density at radius 1 is 0.975 bits per heavy atom. The summed E-state index contributed by atoms with van der Waals surface area (Å²) in [6, 6.07) is 21.4. The van der Waals surface area contributed by atoms with Crippen molar-refractivity contribution in [2.75, 3.05) is 55.5 Å². The molecule has 1 amide bonds. The fourth-order valence-electron chi connectivity index (χ4n) is 4.72. The third kappa shape index (κ3) is 6.41. The third-order valence-electron chi connectivity index (χ3n) is 7.12. The van der Waals surface area contributed by atoms with Gasteiger partial charge in [0.1, 0.15) is 0 Å². The van der Waals surface area contributed by atoms with E-state index < -0.39 is 10.0 Å². The number of sulfonamides is 1. The Morgan fingerprint density at radius 2 is 1.68 bits per heavy atom. The zero-order valence-corrected chi connectivity index (χ0v) is 25.1. The van der Waals surface area contributed by atoms with Crippen molar-refractivity contribution < 1.29 is 13.2 Å². The maximum atomic E-state index is 13.0. The van der Waals surface area contributed by atoms with Crippen molar-refractivity contribution in [1.29, 1.82) is 0 Å². The molecule has 0 saturated carbocycles. The van der Waals surface area contributed by atoms with Gasteiger partial charge in [0.05, 0.1) is 20.8 Å². The van der Waals surface area contributed by atoms with Gasteiger partial charge < -0.3 is 10.2 Å². The van der Waals surface area contributed by atoms with Crippen LogP contribution in [0.1, 0.15) is 22.8 Å². The number of carbonyl (C=O) groups excluding carboxylic acids is 1. The van der Waals surface area contributed by atoms with E-state index in [1.807, 2.05) is 6.07 Å². The van der Waals surface area contributed by atoms with Gasteiger partial charge in [-0.1, -0.05) is 48.6 Å². The molecule has 1 aliphatic heterocycles. The smallest absolute Gasteiger partial charge is 0.264 e. The lowest BCUT2D eigenvalue weighted by atomic mass is 10.1. The number of anilines is 2. The van der Waals surface area contributed by atoms with Crippen LogP contribution >= 0.6 is 23.7 Å². The summed E-state index contributed by atoms with van der Waals surface area (Å²) in [4.78, 5) is 22.4. The fourth-order valence-corrected chi connectivity index (χ4v) is 6.98. The van der Waals surface area contributed by atoms with E-state index in [0.29, 0.717) is 17.8 Å². The second kappa shape index (κ2) is 13.0. The Bertz CT molecular complexity index is 1540. The Kier molecular flexibility index (Phi) is 9.68. The average molecular weight is 600 g/mol. The van der Waals surface area contributed by atoms with E-state index in [1.54, 1.807) is 47.7 Å². The Hall–Kier alpha value is -3.18. The molecule has 1 aliphatic rings. The molecule has 5 rings (SSSR count). The summed E-state index contributed by atoms with van der Waals surface area (Å²) in [5, 5.41) is 4.04. The maximum absolute atomic E-state index is 13.0. The van der Waals surface area contributed by atoms with E-state index in [4.69, 9.17) is 4.98 Å². The minimum Gasteiger partial charge on any atom is -0.351 e. The number of amides is 1. The molecule has 1 aromatic heterocycles. The first kappa shape index (κ1) is 29.8. The molecule has 1 fully saturated rings. The van der Waals surface area contributed by atoms with E-state index in [2.05, 4.69) is 40.2 Å². The number of rotatable bonds is 9. The first-order valence-corrected chi connectivity index (χ1v) is 15.4. The standard InChI is InChI=1S/C29H33N5O3S2.ClH/c1-3-22-8-7-11-26-27(22)31-29(38-26)34-20-18-33(19-21-34)17-16-30-28(35)23-12-14-25(15-13-23)39(36,37)32(2)24-9-5-4-6-10-24;/h4-15H,3,16-21H2,1-2H3,(H,30,35);1H. The number of carbonyl (C=O) groups is 1. The van der Waals surface area contributed by atoms with Crippen LogP contribution in [0.5, 0.6) is 0 Å². The largest absolute Gasteiger partial charge is 0.351 e. The van der Waals surface area contributed by atoms with Crippen molar-refractivity contribution in [3.63, 3.8) is 0 Å². The summed E-state index contributed by atoms with van der Waals surface area (Å²) in [5.41, 5.74) is 3.42. The number of hydrogen-bond donors (Lipinski definition) is 1. The highest BCUT2D eigenvalue weighted by Crippen LogP contribution is 2.31. The Labute approximate surface area is 246 Å². The fraction of sp³-hybridized carbons (Fsp3) is 0.310. The first-order valence-electron chi connectivity index (χ1n) is 13.1. The summed E-state index contributed by atoms with van der Waals surface area (Å²) >= 11 is 1.76. The van der Waals surface area contributed by atoms with Crippen molar-refractivity contribution >= 4 is 60.7 Å². The van der Waals surface area contributed by atoms with Crippen LogP contribution in [0.25, 0.3) is 10.2 Å². The van der Waals surface area contributed by atoms with Gasteiger partial charge in [-0.3, -0.25) is 14.0 Å². The monoisotopic (exact) mass is 599 g/mol. The molecule has 212 valence electrons. The second-order valence-electron chi connectivity index (χ2n) is 9.53. The molecule has 1 N–H and O–H groups in total. The van der Waals surface area contributed by atoms with E-state index in [0.717, 1.165) is 49.8 Å². The first-order chi connectivity index (χ1) is 18.9. The van der Waals surface area contributed by atoms with Crippen molar-refractivity contribution in [2.24, 2.45) is 0 Å². The summed E-state index contributed by atoms with van der Waals surface area (Å²) < 4.78 is 28.4. The molecule has 11 heteroatoms. The van der Waals surface area contributed by atoms with E-state index in [9.17, 15) is 13.2 Å². The van der Waals surface area contributed by atoms with Gasteiger partial charge in [0, 0.05) is 51.9 Å². The van der Waals surface area contributed by atoms with Crippen LogP contribution in [0.15, 0.2) is 77.7 Å². The van der Waals surface area contributed by atoms with Crippen LogP contribution in [-0.2, 0) is 16.4 Å². The number of para-hydroxylation sites is 2. The van der Waals surface area contributed by atoms with Gasteiger partial charge in [0.25, 0.3) is 15.9 Å². The normalized spacial score (nSPS) is 14.1. The van der Waals surface area contributed by atoms with Crippen molar-refractivity contribution in [1.82, 2.24) is 15.2 Å². The molecule has 0 spiro atoms. The number of hydrogen-bond acceptors (Lipinski definition) is 7. The SMILES string of the molecule is CCc1cccc2sc(N3CCN(CCNC(=O)c4ccc(S(=O)(=O)N(C)c5ccccc5)cc4)CC3)nc12.Cl. The van der Waals surface area contributed by atoms with Crippen molar-refractivity contribution in [3.05, 3.63) is 83.9 Å². The van der Waals surface area contributed by atoms with Gasteiger partial charge in [0.2, 0.25) is 0 Å². The van der Waals surface area contributed by atoms with Crippen LogP contribution < -0.4 is 14.5 Å². The number of nitrogens with one attached hydrogen (secondary N) is 1. The van der Waals surface area contributed by atoms with Crippen LogP contribution in [0.4, 0.5) is 10.8 Å². The molecular weight excluding hydrogens is 566 g/mol. The molecular formula is C29H34ClN5O3S2. The molecule has 4 aromatic rings. The second-order valence-corrected chi connectivity index (χ2v) is 12.5. The van der Waals surface area contributed by atoms with Gasteiger partial charge in [-0.15, -0.1) is 12.4 Å². The summed E-state index contributed by atoms with van der Waals surface area (Å²) in [6.45, 7) is 7.08. The van der Waals surface area contributed by atoms with E-state index in [-0.39, 0.29) is 23.2 Å².